The Kier molecular flexibility index (Phi) is 4.75. The molecule has 0 amide bonds. The van der Waals surface area contributed by atoms with Gasteiger partial charge in [-0.1, -0.05) is 36.4 Å². The first-order valence-corrected chi connectivity index (χ1v) is 6.76. The van der Waals surface area contributed by atoms with Gasteiger partial charge in [0.2, 0.25) is 0 Å². The molecule has 2 aromatic rings. The lowest BCUT2D eigenvalue weighted by atomic mass is 10.1. The zero-order valence-corrected chi connectivity index (χ0v) is 11.7. The standard InChI is InChI=1S/C17H19N3/c1-13-3-2-4-16(11-19)17(13)20-12-15-7-5-14(6-8-15)9-10-18/h2-8,20H,9-10,12,18H2,1H3. The van der Waals surface area contributed by atoms with Crippen molar-refractivity contribution in [2.75, 3.05) is 11.9 Å². The number of nitriles is 1. The van der Waals surface area contributed by atoms with Crippen molar-refractivity contribution >= 4 is 5.69 Å². The summed E-state index contributed by atoms with van der Waals surface area (Å²) >= 11 is 0. The largest absolute Gasteiger partial charge is 0.380 e. The number of nitrogens with one attached hydrogen (secondary N) is 1. The second-order valence-corrected chi connectivity index (χ2v) is 4.82. The van der Waals surface area contributed by atoms with E-state index in [9.17, 15) is 0 Å². The highest BCUT2D eigenvalue weighted by atomic mass is 14.9. The van der Waals surface area contributed by atoms with Crippen molar-refractivity contribution in [2.45, 2.75) is 19.9 Å². The molecule has 0 fully saturated rings. The maximum atomic E-state index is 9.13. The molecule has 0 spiro atoms. The van der Waals surface area contributed by atoms with Gasteiger partial charge in [0.25, 0.3) is 0 Å². The van der Waals surface area contributed by atoms with Gasteiger partial charge in [-0.05, 0) is 42.6 Å². The van der Waals surface area contributed by atoms with E-state index < -0.39 is 0 Å². The summed E-state index contributed by atoms with van der Waals surface area (Å²) in [6, 6.07) is 16.4. The molecule has 20 heavy (non-hydrogen) atoms. The minimum atomic E-state index is 0.673. The van der Waals surface area contributed by atoms with Crippen LogP contribution in [0.4, 0.5) is 5.69 Å². The molecule has 0 bridgehead atoms. The number of rotatable bonds is 5. The highest BCUT2D eigenvalue weighted by Gasteiger charge is 2.04. The van der Waals surface area contributed by atoms with Crippen LogP contribution in [-0.4, -0.2) is 6.54 Å². The predicted molar refractivity (Wildman–Crippen MR) is 82.4 cm³/mol. The monoisotopic (exact) mass is 265 g/mol. The number of para-hydroxylation sites is 1. The number of nitrogens with two attached hydrogens (primary N) is 1. The fraction of sp³-hybridized carbons (Fsp3) is 0.235. The van der Waals surface area contributed by atoms with Crippen LogP contribution >= 0.6 is 0 Å². The quantitative estimate of drug-likeness (QED) is 0.873. The summed E-state index contributed by atoms with van der Waals surface area (Å²) < 4.78 is 0. The van der Waals surface area contributed by atoms with Crippen molar-refractivity contribution in [1.82, 2.24) is 0 Å². The fourth-order valence-corrected chi connectivity index (χ4v) is 2.18. The Bertz CT molecular complexity index is 609. The van der Waals surface area contributed by atoms with E-state index in [1.165, 1.54) is 11.1 Å². The first kappa shape index (κ1) is 14.1. The molecule has 0 saturated heterocycles. The summed E-state index contributed by atoms with van der Waals surface area (Å²) in [5.41, 5.74) is 10.7. The minimum Gasteiger partial charge on any atom is -0.380 e. The lowest BCUT2D eigenvalue weighted by Gasteiger charge is -2.11. The van der Waals surface area contributed by atoms with Crippen molar-refractivity contribution in [3.63, 3.8) is 0 Å². The van der Waals surface area contributed by atoms with Crippen LogP contribution in [0.25, 0.3) is 0 Å². The van der Waals surface area contributed by atoms with Crippen LogP contribution in [0.3, 0.4) is 0 Å². The van der Waals surface area contributed by atoms with Gasteiger partial charge in [0.1, 0.15) is 6.07 Å². The smallest absolute Gasteiger partial charge is 0.101 e. The molecule has 0 saturated carbocycles. The van der Waals surface area contributed by atoms with Gasteiger partial charge >= 0.3 is 0 Å². The molecule has 0 atom stereocenters. The second-order valence-electron chi connectivity index (χ2n) is 4.82. The summed E-state index contributed by atoms with van der Waals surface area (Å²) in [6.07, 6.45) is 0.907. The molecule has 0 heterocycles. The van der Waals surface area contributed by atoms with Crippen LogP contribution in [-0.2, 0) is 13.0 Å². The van der Waals surface area contributed by atoms with Gasteiger partial charge in [0, 0.05) is 6.54 Å². The molecule has 102 valence electrons. The summed E-state index contributed by atoms with van der Waals surface area (Å²) in [7, 11) is 0. The Hall–Kier alpha value is -2.31. The summed E-state index contributed by atoms with van der Waals surface area (Å²) in [5.74, 6) is 0. The van der Waals surface area contributed by atoms with Crippen LogP contribution in [0.2, 0.25) is 0 Å². The Morgan fingerprint density at radius 1 is 1.10 bits per heavy atom. The molecule has 3 heteroatoms. The van der Waals surface area contributed by atoms with E-state index in [0.717, 1.165) is 17.7 Å². The maximum absolute atomic E-state index is 9.13. The third-order valence-electron chi connectivity index (χ3n) is 3.32. The number of hydrogen-bond acceptors (Lipinski definition) is 3. The predicted octanol–water partition coefficient (Wildman–Crippen LogP) is 2.98. The lowest BCUT2D eigenvalue weighted by Crippen LogP contribution is -2.04. The first-order valence-electron chi connectivity index (χ1n) is 6.76. The van der Waals surface area contributed by atoms with Crippen molar-refractivity contribution in [3.05, 3.63) is 64.7 Å². The summed E-state index contributed by atoms with van der Waals surface area (Å²) in [6.45, 7) is 3.39. The number of nitrogens with zero attached hydrogens (tertiary/aromatic N) is 1. The van der Waals surface area contributed by atoms with E-state index in [4.69, 9.17) is 11.0 Å². The number of benzene rings is 2. The minimum absolute atomic E-state index is 0.673. The molecule has 0 aromatic heterocycles. The van der Waals surface area contributed by atoms with Crippen LogP contribution < -0.4 is 11.1 Å². The molecule has 0 radical (unpaired) electrons. The van der Waals surface area contributed by atoms with E-state index in [0.29, 0.717) is 18.7 Å². The Labute approximate surface area is 120 Å². The molecular weight excluding hydrogens is 246 g/mol. The van der Waals surface area contributed by atoms with E-state index >= 15 is 0 Å². The van der Waals surface area contributed by atoms with Crippen molar-refractivity contribution in [2.24, 2.45) is 5.73 Å². The zero-order chi connectivity index (χ0) is 14.4. The van der Waals surface area contributed by atoms with Crippen molar-refractivity contribution in [3.8, 4) is 6.07 Å². The van der Waals surface area contributed by atoms with Gasteiger partial charge in [-0.3, -0.25) is 0 Å². The molecular formula is C17H19N3. The SMILES string of the molecule is Cc1cccc(C#N)c1NCc1ccc(CCN)cc1. The van der Waals surface area contributed by atoms with Gasteiger partial charge in [-0.15, -0.1) is 0 Å². The van der Waals surface area contributed by atoms with Crippen LogP contribution in [0.15, 0.2) is 42.5 Å². The number of aryl methyl sites for hydroxylation is 1. The van der Waals surface area contributed by atoms with Crippen LogP contribution in [0.5, 0.6) is 0 Å². The van der Waals surface area contributed by atoms with Crippen LogP contribution in [0.1, 0.15) is 22.3 Å². The average Bonchev–Trinajstić information content (AvgIpc) is 2.47. The first-order chi connectivity index (χ1) is 9.74. The molecule has 2 rings (SSSR count). The van der Waals surface area contributed by atoms with E-state index in [1.54, 1.807) is 0 Å². The molecule has 0 aliphatic rings. The number of hydrogen-bond donors (Lipinski definition) is 2. The molecule has 0 unspecified atom stereocenters. The molecule has 0 aliphatic heterocycles. The van der Waals surface area contributed by atoms with E-state index in [1.807, 2.05) is 25.1 Å². The Morgan fingerprint density at radius 2 is 1.80 bits per heavy atom. The molecule has 3 nitrogen and oxygen atoms in total. The second kappa shape index (κ2) is 6.74. The van der Waals surface area contributed by atoms with Gasteiger partial charge < -0.3 is 11.1 Å². The molecule has 3 N–H and O–H groups in total. The van der Waals surface area contributed by atoms with Gasteiger partial charge in [-0.25, -0.2) is 0 Å². The zero-order valence-electron chi connectivity index (χ0n) is 11.7. The van der Waals surface area contributed by atoms with Gasteiger partial charge in [0.15, 0.2) is 0 Å². The van der Waals surface area contributed by atoms with E-state index in [-0.39, 0.29) is 0 Å². The van der Waals surface area contributed by atoms with Crippen molar-refractivity contribution < 1.29 is 0 Å². The summed E-state index contributed by atoms with van der Waals surface area (Å²) in [5, 5.41) is 12.5. The normalized spacial score (nSPS) is 10.1. The number of anilines is 1. The fourth-order valence-electron chi connectivity index (χ4n) is 2.18. The van der Waals surface area contributed by atoms with E-state index in [2.05, 4.69) is 35.7 Å². The van der Waals surface area contributed by atoms with Crippen LogP contribution in [0, 0.1) is 18.3 Å². The van der Waals surface area contributed by atoms with Gasteiger partial charge in [0.05, 0.1) is 11.3 Å². The Morgan fingerprint density at radius 3 is 2.45 bits per heavy atom. The molecule has 0 aliphatic carbocycles. The highest BCUT2D eigenvalue weighted by Crippen LogP contribution is 2.20. The van der Waals surface area contributed by atoms with Crippen molar-refractivity contribution in [1.29, 1.82) is 5.26 Å². The molecule has 2 aromatic carbocycles. The average molecular weight is 265 g/mol. The Balaban J connectivity index is 2.07. The topological polar surface area (TPSA) is 61.8 Å². The third kappa shape index (κ3) is 3.37. The summed E-state index contributed by atoms with van der Waals surface area (Å²) in [4.78, 5) is 0. The van der Waals surface area contributed by atoms with Gasteiger partial charge in [-0.2, -0.15) is 5.26 Å². The third-order valence-corrected chi connectivity index (χ3v) is 3.32. The maximum Gasteiger partial charge on any atom is 0.101 e. The lowest BCUT2D eigenvalue weighted by molar-refractivity contribution is 0.966. The highest BCUT2D eigenvalue weighted by molar-refractivity contribution is 5.62.